The summed E-state index contributed by atoms with van der Waals surface area (Å²) in [6.07, 6.45) is 3.42. The van der Waals surface area contributed by atoms with Crippen LogP contribution in [0, 0.1) is 11.6 Å². The maximum absolute atomic E-state index is 13.8. The highest BCUT2D eigenvalue weighted by Gasteiger charge is 2.13. The van der Waals surface area contributed by atoms with Gasteiger partial charge in [-0.2, -0.15) is 5.10 Å². The number of halogens is 2. The van der Waals surface area contributed by atoms with E-state index in [1.54, 1.807) is 18.5 Å². The van der Waals surface area contributed by atoms with Crippen molar-refractivity contribution in [3.05, 3.63) is 65.5 Å². The average Bonchev–Trinajstić information content (AvgIpc) is 3.08. The smallest absolute Gasteiger partial charge is 0.230 e. The third-order valence-corrected chi connectivity index (χ3v) is 4.15. The molecule has 0 radical (unpaired) electrons. The summed E-state index contributed by atoms with van der Waals surface area (Å²) < 4.78 is 33.8. The van der Waals surface area contributed by atoms with Crippen LogP contribution in [-0.4, -0.2) is 41.9 Å². The highest BCUT2D eigenvalue weighted by Crippen LogP contribution is 2.23. The number of anilines is 2. The van der Waals surface area contributed by atoms with Crippen molar-refractivity contribution in [2.75, 3.05) is 31.4 Å². The molecule has 0 aliphatic carbocycles. The molecule has 0 saturated carbocycles. The Hall–Kier alpha value is -3.49. The first-order valence-corrected chi connectivity index (χ1v) is 8.83. The Morgan fingerprint density at radius 3 is 2.48 bits per heavy atom. The minimum Gasteiger partial charge on any atom is -0.491 e. The van der Waals surface area contributed by atoms with Gasteiger partial charge in [0.1, 0.15) is 5.82 Å². The summed E-state index contributed by atoms with van der Waals surface area (Å²) in [5.74, 6) is -1.07. The summed E-state index contributed by atoms with van der Waals surface area (Å²) in [5.41, 5.74) is 1.16. The lowest BCUT2D eigenvalue weighted by atomic mass is 10.2. The van der Waals surface area contributed by atoms with Crippen molar-refractivity contribution in [1.82, 2.24) is 14.8 Å². The standard InChI is InChI=1S/C20H21F2N5O2/c1-26(2)18-5-4-13(11-23-18)10-19(28)24-17-6-7-27(25-17)12-14-8-15(21)20(29-3)16(22)9-14/h4-9,11H,10,12H2,1-3H3,(H,24,25,28). The Labute approximate surface area is 166 Å². The molecule has 0 atom stereocenters. The lowest BCUT2D eigenvalue weighted by molar-refractivity contribution is -0.115. The van der Waals surface area contributed by atoms with Gasteiger partial charge in [-0.05, 0) is 29.3 Å². The summed E-state index contributed by atoms with van der Waals surface area (Å²) in [6, 6.07) is 7.66. The fourth-order valence-corrected chi connectivity index (χ4v) is 2.76. The average molecular weight is 401 g/mol. The number of ether oxygens (including phenoxy) is 1. The van der Waals surface area contributed by atoms with Gasteiger partial charge in [0.15, 0.2) is 23.2 Å². The van der Waals surface area contributed by atoms with Gasteiger partial charge in [0.25, 0.3) is 0 Å². The van der Waals surface area contributed by atoms with Gasteiger partial charge in [0.05, 0.1) is 20.1 Å². The Morgan fingerprint density at radius 2 is 1.90 bits per heavy atom. The van der Waals surface area contributed by atoms with Crippen LogP contribution in [0.25, 0.3) is 0 Å². The fourth-order valence-electron chi connectivity index (χ4n) is 2.76. The second kappa shape index (κ2) is 8.68. The van der Waals surface area contributed by atoms with Crippen LogP contribution in [0.5, 0.6) is 5.75 Å². The molecular weight excluding hydrogens is 380 g/mol. The lowest BCUT2D eigenvalue weighted by Gasteiger charge is -2.11. The second-order valence-corrected chi connectivity index (χ2v) is 6.64. The monoisotopic (exact) mass is 401 g/mol. The number of rotatable bonds is 7. The number of hydrogen-bond acceptors (Lipinski definition) is 5. The molecule has 9 heteroatoms. The summed E-state index contributed by atoms with van der Waals surface area (Å²) in [4.78, 5) is 18.4. The van der Waals surface area contributed by atoms with E-state index in [0.717, 1.165) is 11.4 Å². The van der Waals surface area contributed by atoms with Crippen LogP contribution in [0.2, 0.25) is 0 Å². The van der Waals surface area contributed by atoms with E-state index in [1.807, 2.05) is 31.1 Å². The zero-order valence-electron chi connectivity index (χ0n) is 16.3. The lowest BCUT2D eigenvalue weighted by Crippen LogP contribution is -2.16. The number of methoxy groups -OCH3 is 1. The van der Waals surface area contributed by atoms with Gasteiger partial charge in [-0.3, -0.25) is 9.48 Å². The van der Waals surface area contributed by atoms with Gasteiger partial charge in [0, 0.05) is 32.6 Å². The highest BCUT2D eigenvalue weighted by molar-refractivity contribution is 5.91. The van der Waals surface area contributed by atoms with Crippen molar-refractivity contribution in [2.24, 2.45) is 0 Å². The van der Waals surface area contributed by atoms with Crippen molar-refractivity contribution in [2.45, 2.75) is 13.0 Å². The van der Waals surface area contributed by atoms with Gasteiger partial charge in [-0.25, -0.2) is 13.8 Å². The van der Waals surface area contributed by atoms with E-state index in [-0.39, 0.29) is 18.9 Å². The van der Waals surface area contributed by atoms with E-state index >= 15 is 0 Å². The van der Waals surface area contributed by atoms with Crippen LogP contribution in [0.4, 0.5) is 20.4 Å². The Bertz CT molecular complexity index is 979. The van der Waals surface area contributed by atoms with Crippen LogP contribution in [0.3, 0.4) is 0 Å². The van der Waals surface area contributed by atoms with E-state index in [4.69, 9.17) is 0 Å². The molecule has 0 aliphatic rings. The fraction of sp³-hybridized carbons (Fsp3) is 0.250. The first-order valence-electron chi connectivity index (χ1n) is 8.83. The number of nitrogens with one attached hydrogen (secondary N) is 1. The zero-order valence-corrected chi connectivity index (χ0v) is 16.3. The predicted molar refractivity (Wildman–Crippen MR) is 105 cm³/mol. The topological polar surface area (TPSA) is 72.3 Å². The number of carbonyl (C=O) groups is 1. The van der Waals surface area contributed by atoms with E-state index in [9.17, 15) is 13.6 Å². The maximum atomic E-state index is 13.8. The molecule has 3 aromatic rings. The van der Waals surface area contributed by atoms with Gasteiger partial charge in [0.2, 0.25) is 5.91 Å². The second-order valence-electron chi connectivity index (χ2n) is 6.64. The molecule has 1 N–H and O–H groups in total. The zero-order chi connectivity index (χ0) is 21.0. The number of amides is 1. The van der Waals surface area contributed by atoms with Crippen LogP contribution >= 0.6 is 0 Å². The number of aromatic nitrogens is 3. The molecule has 0 fully saturated rings. The number of pyridine rings is 1. The first kappa shape index (κ1) is 20.2. The molecule has 7 nitrogen and oxygen atoms in total. The maximum Gasteiger partial charge on any atom is 0.230 e. The van der Waals surface area contributed by atoms with E-state index in [2.05, 4.69) is 20.1 Å². The molecule has 0 bridgehead atoms. The minimum atomic E-state index is -0.780. The summed E-state index contributed by atoms with van der Waals surface area (Å²) in [5, 5.41) is 6.91. The van der Waals surface area contributed by atoms with Crippen LogP contribution in [0.1, 0.15) is 11.1 Å². The van der Waals surface area contributed by atoms with E-state index in [0.29, 0.717) is 11.4 Å². The molecule has 2 aromatic heterocycles. The summed E-state index contributed by atoms with van der Waals surface area (Å²) >= 11 is 0. The van der Waals surface area contributed by atoms with E-state index < -0.39 is 17.4 Å². The summed E-state index contributed by atoms with van der Waals surface area (Å²) in [6.45, 7) is 0.142. The SMILES string of the molecule is COc1c(F)cc(Cn2ccc(NC(=O)Cc3ccc(N(C)C)nc3)n2)cc1F. The molecule has 0 spiro atoms. The number of carbonyl (C=O) groups excluding carboxylic acids is 1. The Morgan fingerprint density at radius 1 is 1.17 bits per heavy atom. The van der Waals surface area contributed by atoms with Crippen LogP contribution in [-0.2, 0) is 17.8 Å². The molecule has 1 amide bonds. The van der Waals surface area contributed by atoms with Gasteiger partial charge < -0.3 is 15.0 Å². The van der Waals surface area contributed by atoms with E-state index in [1.165, 1.54) is 23.9 Å². The van der Waals surface area contributed by atoms with Gasteiger partial charge in [-0.15, -0.1) is 0 Å². The molecule has 2 heterocycles. The van der Waals surface area contributed by atoms with Crippen molar-refractivity contribution in [3.8, 4) is 5.75 Å². The number of nitrogens with zero attached hydrogens (tertiary/aromatic N) is 4. The van der Waals surface area contributed by atoms with Crippen LogP contribution < -0.4 is 15.0 Å². The molecular formula is C20H21F2N5O2. The number of hydrogen-bond donors (Lipinski definition) is 1. The Balaban J connectivity index is 1.60. The van der Waals surface area contributed by atoms with Crippen LogP contribution in [0.15, 0.2) is 42.7 Å². The molecule has 1 aromatic carbocycles. The van der Waals surface area contributed by atoms with Gasteiger partial charge >= 0.3 is 0 Å². The number of benzene rings is 1. The quantitative estimate of drug-likeness (QED) is 0.659. The molecule has 0 unspecified atom stereocenters. The summed E-state index contributed by atoms with van der Waals surface area (Å²) in [7, 11) is 4.98. The molecule has 0 aliphatic heterocycles. The highest BCUT2D eigenvalue weighted by atomic mass is 19.1. The molecule has 0 saturated heterocycles. The van der Waals surface area contributed by atoms with Crippen molar-refractivity contribution in [3.63, 3.8) is 0 Å². The molecule has 3 rings (SSSR count). The Kier molecular flexibility index (Phi) is 6.06. The van der Waals surface area contributed by atoms with Crippen molar-refractivity contribution >= 4 is 17.5 Å². The van der Waals surface area contributed by atoms with Gasteiger partial charge in [-0.1, -0.05) is 6.07 Å². The van der Waals surface area contributed by atoms with Crippen molar-refractivity contribution in [1.29, 1.82) is 0 Å². The predicted octanol–water partition coefficient (Wildman–Crippen LogP) is 2.86. The van der Waals surface area contributed by atoms with Crippen molar-refractivity contribution < 1.29 is 18.3 Å². The molecule has 152 valence electrons. The molecule has 29 heavy (non-hydrogen) atoms. The normalized spacial score (nSPS) is 10.7. The largest absolute Gasteiger partial charge is 0.491 e. The first-order chi connectivity index (χ1) is 13.9. The third kappa shape index (κ3) is 5.07. The minimum absolute atomic E-state index is 0.142. The third-order valence-electron chi connectivity index (χ3n) is 4.15.